The molecule has 7 nitrogen and oxygen atoms in total. The topological polar surface area (TPSA) is 89.1 Å². The van der Waals surface area contributed by atoms with E-state index in [9.17, 15) is 4.79 Å². The minimum atomic E-state index is -0.225. The van der Waals surface area contributed by atoms with Crippen LogP contribution in [-0.4, -0.2) is 53.6 Å². The second-order valence-electron chi connectivity index (χ2n) is 5.64. The van der Waals surface area contributed by atoms with E-state index in [1.54, 1.807) is 0 Å². The fraction of sp³-hybridized carbons (Fsp3) is 0.786. The van der Waals surface area contributed by atoms with Crippen molar-refractivity contribution >= 4 is 5.91 Å². The molecule has 21 heavy (non-hydrogen) atoms. The number of nitrogens with zero attached hydrogens (tertiary/aromatic N) is 2. The van der Waals surface area contributed by atoms with Gasteiger partial charge in [-0.1, -0.05) is 0 Å². The first-order chi connectivity index (χ1) is 10.3. The fourth-order valence-corrected chi connectivity index (χ4v) is 2.36. The molecule has 2 aliphatic rings. The van der Waals surface area contributed by atoms with Crippen molar-refractivity contribution in [3.05, 3.63) is 11.6 Å². The Labute approximate surface area is 123 Å². The molecule has 3 rings (SSSR count). The minimum Gasteiger partial charge on any atom is -0.379 e. The molecule has 0 radical (unpaired) electrons. The van der Waals surface area contributed by atoms with Crippen molar-refractivity contribution in [1.29, 1.82) is 0 Å². The van der Waals surface area contributed by atoms with Gasteiger partial charge in [0.15, 0.2) is 0 Å². The van der Waals surface area contributed by atoms with Gasteiger partial charge in [0, 0.05) is 25.7 Å². The summed E-state index contributed by atoms with van der Waals surface area (Å²) in [6.07, 6.45) is 5.53. The zero-order chi connectivity index (χ0) is 14.5. The molecule has 1 aromatic rings. The second-order valence-corrected chi connectivity index (χ2v) is 5.64. The summed E-state index contributed by atoms with van der Waals surface area (Å²) in [6.45, 7) is 2.70. The summed E-state index contributed by atoms with van der Waals surface area (Å²) in [7, 11) is 0. The van der Waals surface area contributed by atoms with Crippen LogP contribution in [0, 0.1) is 0 Å². The quantitative estimate of drug-likeness (QED) is 0.698. The van der Waals surface area contributed by atoms with Crippen LogP contribution in [0.3, 0.4) is 0 Å². The molecule has 2 heterocycles. The number of carbonyl (C=O) groups excluding carboxylic acids is 1. The van der Waals surface area contributed by atoms with E-state index in [4.69, 9.17) is 9.47 Å². The Hall–Kier alpha value is -1.47. The van der Waals surface area contributed by atoms with Crippen LogP contribution in [0.2, 0.25) is 0 Å². The van der Waals surface area contributed by atoms with E-state index in [0.29, 0.717) is 25.7 Å². The van der Waals surface area contributed by atoms with Gasteiger partial charge in [-0.05, 0) is 32.1 Å². The zero-order valence-corrected chi connectivity index (χ0v) is 12.1. The first kappa shape index (κ1) is 14.5. The third-order valence-corrected chi connectivity index (χ3v) is 3.75. The number of rotatable bonds is 8. The lowest BCUT2D eigenvalue weighted by Crippen LogP contribution is -2.26. The molecule has 1 aliphatic carbocycles. The van der Waals surface area contributed by atoms with E-state index in [1.165, 1.54) is 0 Å². The Kier molecular flexibility index (Phi) is 4.82. The average molecular weight is 294 g/mol. The molecule has 1 amide bonds. The number of aromatic amines is 1. The zero-order valence-electron chi connectivity index (χ0n) is 12.1. The first-order valence-electron chi connectivity index (χ1n) is 7.73. The van der Waals surface area contributed by atoms with E-state index in [0.717, 1.165) is 44.5 Å². The number of hydrogen-bond acceptors (Lipinski definition) is 5. The molecule has 2 N–H and O–H groups in total. The van der Waals surface area contributed by atoms with Crippen molar-refractivity contribution in [1.82, 2.24) is 20.5 Å². The van der Waals surface area contributed by atoms with Crippen LogP contribution in [0.15, 0.2) is 0 Å². The number of carbonyl (C=O) groups is 1. The number of H-pyrrole nitrogens is 1. The smallest absolute Gasteiger partial charge is 0.290 e. The first-order valence-corrected chi connectivity index (χ1v) is 7.73. The summed E-state index contributed by atoms with van der Waals surface area (Å²) in [4.78, 5) is 16.0. The molecule has 0 aromatic carbocycles. The third-order valence-electron chi connectivity index (χ3n) is 3.75. The number of hydrogen-bond donors (Lipinski definition) is 2. The Morgan fingerprint density at radius 2 is 2.33 bits per heavy atom. The van der Waals surface area contributed by atoms with Crippen molar-refractivity contribution in [2.45, 2.75) is 44.1 Å². The van der Waals surface area contributed by atoms with Crippen molar-refractivity contribution in [3.8, 4) is 0 Å². The SMILES string of the molecule is O=C(NCCCOCC1CCCO1)c1n[nH]c(C2CC2)n1. The highest BCUT2D eigenvalue weighted by Gasteiger charge is 2.28. The number of ether oxygens (including phenoxy) is 2. The van der Waals surface area contributed by atoms with Crippen LogP contribution in [0.4, 0.5) is 0 Å². The normalized spacial score (nSPS) is 21.6. The molecule has 116 valence electrons. The summed E-state index contributed by atoms with van der Waals surface area (Å²) in [6, 6.07) is 0. The fourth-order valence-electron chi connectivity index (χ4n) is 2.36. The van der Waals surface area contributed by atoms with Gasteiger partial charge in [0.2, 0.25) is 5.82 Å². The maximum absolute atomic E-state index is 11.8. The minimum absolute atomic E-state index is 0.225. The molecule has 0 bridgehead atoms. The molecule has 1 aromatic heterocycles. The van der Waals surface area contributed by atoms with Gasteiger partial charge in [-0.2, -0.15) is 0 Å². The van der Waals surface area contributed by atoms with Crippen LogP contribution in [0.5, 0.6) is 0 Å². The maximum atomic E-state index is 11.8. The summed E-state index contributed by atoms with van der Waals surface area (Å²) >= 11 is 0. The number of nitrogens with one attached hydrogen (secondary N) is 2. The van der Waals surface area contributed by atoms with Gasteiger partial charge in [-0.15, -0.1) is 5.10 Å². The molecule has 0 spiro atoms. The lowest BCUT2D eigenvalue weighted by atomic mass is 10.2. The monoisotopic (exact) mass is 294 g/mol. The van der Waals surface area contributed by atoms with Crippen LogP contribution in [0.25, 0.3) is 0 Å². The van der Waals surface area contributed by atoms with Gasteiger partial charge in [0.1, 0.15) is 5.82 Å². The predicted molar refractivity (Wildman–Crippen MR) is 75.1 cm³/mol. The highest BCUT2D eigenvalue weighted by atomic mass is 16.5. The molecule has 1 atom stereocenters. The summed E-state index contributed by atoms with van der Waals surface area (Å²) in [5, 5.41) is 9.58. The number of amides is 1. The molecule has 1 unspecified atom stereocenters. The van der Waals surface area contributed by atoms with E-state index < -0.39 is 0 Å². The summed E-state index contributed by atoms with van der Waals surface area (Å²) in [5.41, 5.74) is 0. The largest absolute Gasteiger partial charge is 0.379 e. The molecular formula is C14H22N4O3. The maximum Gasteiger partial charge on any atom is 0.290 e. The van der Waals surface area contributed by atoms with Crippen molar-refractivity contribution < 1.29 is 14.3 Å². The Morgan fingerprint density at radius 3 is 3.10 bits per heavy atom. The Balaban J connectivity index is 1.26. The highest BCUT2D eigenvalue weighted by molar-refractivity contribution is 5.90. The third kappa shape index (κ3) is 4.25. The van der Waals surface area contributed by atoms with Crippen LogP contribution < -0.4 is 5.32 Å². The van der Waals surface area contributed by atoms with Gasteiger partial charge in [-0.25, -0.2) is 4.98 Å². The van der Waals surface area contributed by atoms with Crippen LogP contribution in [-0.2, 0) is 9.47 Å². The number of aromatic nitrogens is 3. The van der Waals surface area contributed by atoms with Crippen molar-refractivity contribution in [3.63, 3.8) is 0 Å². The van der Waals surface area contributed by atoms with Gasteiger partial charge in [0.05, 0.1) is 12.7 Å². The highest BCUT2D eigenvalue weighted by Crippen LogP contribution is 2.37. The Bertz CT molecular complexity index is 467. The van der Waals surface area contributed by atoms with E-state index >= 15 is 0 Å². The van der Waals surface area contributed by atoms with Crippen LogP contribution >= 0.6 is 0 Å². The molecule has 2 fully saturated rings. The Morgan fingerprint density at radius 1 is 1.43 bits per heavy atom. The second kappa shape index (κ2) is 7.00. The molecule has 1 aliphatic heterocycles. The van der Waals surface area contributed by atoms with Crippen molar-refractivity contribution in [2.75, 3.05) is 26.4 Å². The average Bonchev–Trinajstić information content (AvgIpc) is 3.02. The van der Waals surface area contributed by atoms with E-state index in [2.05, 4.69) is 20.5 Å². The van der Waals surface area contributed by atoms with Crippen molar-refractivity contribution in [2.24, 2.45) is 0 Å². The van der Waals surface area contributed by atoms with Gasteiger partial charge in [-0.3, -0.25) is 9.89 Å². The van der Waals surface area contributed by atoms with Gasteiger partial charge >= 0.3 is 0 Å². The lowest BCUT2D eigenvalue weighted by Gasteiger charge is -2.09. The summed E-state index contributed by atoms with van der Waals surface area (Å²) < 4.78 is 11.0. The van der Waals surface area contributed by atoms with E-state index in [1.807, 2.05) is 0 Å². The predicted octanol–water partition coefficient (Wildman–Crippen LogP) is 0.998. The molecular weight excluding hydrogens is 272 g/mol. The lowest BCUT2D eigenvalue weighted by molar-refractivity contribution is 0.0166. The summed E-state index contributed by atoms with van der Waals surface area (Å²) in [5.74, 6) is 1.32. The van der Waals surface area contributed by atoms with Gasteiger partial charge in [0.25, 0.3) is 5.91 Å². The van der Waals surface area contributed by atoms with E-state index in [-0.39, 0.29) is 17.8 Å². The molecule has 1 saturated heterocycles. The van der Waals surface area contributed by atoms with Crippen LogP contribution in [0.1, 0.15) is 54.5 Å². The standard InChI is InChI=1S/C14H22N4O3/c19-14(13-16-12(17-18-13)10-4-5-10)15-6-2-7-20-9-11-3-1-8-21-11/h10-11H,1-9H2,(H,15,19)(H,16,17,18). The molecule has 1 saturated carbocycles. The molecule has 7 heteroatoms. The van der Waals surface area contributed by atoms with Gasteiger partial charge < -0.3 is 14.8 Å².